The Hall–Kier alpha value is -0.480. The number of rotatable bonds is 1. The summed E-state index contributed by atoms with van der Waals surface area (Å²) >= 11 is 0. The Labute approximate surface area is 57.0 Å². The van der Waals surface area contributed by atoms with Crippen LogP contribution in [0.2, 0.25) is 0 Å². The molecule has 1 fully saturated rings. The molecule has 0 aliphatic carbocycles. The minimum absolute atomic E-state index is 0.736. The van der Waals surface area contributed by atoms with Crippen molar-refractivity contribution in [3.05, 3.63) is 6.42 Å². The lowest BCUT2D eigenvalue weighted by Crippen LogP contribution is -2.29. The van der Waals surface area contributed by atoms with Crippen LogP contribution in [0.4, 0.5) is 0 Å². The second-order valence-corrected chi connectivity index (χ2v) is 2.51. The number of hydrogen-bond donors (Lipinski definition) is 0. The number of hydrogen-bond acceptors (Lipinski definition) is 1. The van der Waals surface area contributed by atoms with Crippen molar-refractivity contribution in [3.8, 4) is 5.92 Å². The summed E-state index contributed by atoms with van der Waals surface area (Å²) < 4.78 is 0. The second kappa shape index (κ2) is 3.53. The van der Waals surface area contributed by atoms with Gasteiger partial charge in [0.05, 0.1) is 6.54 Å². The first kappa shape index (κ1) is 6.64. The third-order valence-electron chi connectivity index (χ3n) is 1.75. The molecule has 1 aliphatic rings. The molecule has 1 radical (unpaired) electrons. The highest BCUT2D eigenvalue weighted by Crippen LogP contribution is 2.06. The van der Waals surface area contributed by atoms with E-state index in [2.05, 4.69) is 10.8 Å². The van der Waals surface area contributed by atoms with Gasteiger partial charge in [-0.2, -0.15) is 0 Å². The summed E-state index contributed by atoms with van der Waals surface area (Å²) in [6.07, 6.45) is 10.7. The molecule has 0 aromatic rings. The van der Waals surface area contributed by atoms with Gasteiger partial charge in [0.15, 0.2) is 0 Å². The Morgan fingerprint density at radius 2 is 1.89 bits per heavy atom. The average molecular weight is 122 g/mol. The number of piperidine rings is 1. The highest BCUT2D eigenvalue weighted by molar-refractivity contribution is 4.82. The van der Waals surface area contributed by atoms with Crippen LogP contribution < -0.4 is 0 Å². The first-order valence-corrected chi connectivity index (χ1v) is 3.55. The maximum Gasteiger partial charge on any atom is 0.0611 e. The maximum atomic E-state index is 6.75. The second-order valence-electron chi connectivity index (χ2n) is 2.51. The van der Waals surface area contributed by atoms with Crippen LogP contribution in [0.15, 0.2) is 0 Å². The van der Waals surface area contributed by atoms with Gasteiger partial charge in [-0.15, -0.1) is 0 Å². The highest BCUT2D eigenvalue weighted by atomic mass is 15.1. The number of likely N-dealkylation sites (tertiary alicyclic amines) is 1. The van der Waals surface area contributed by atoms with Crippen molar-refractivity contribution >= 4 is 0 Å². The molecule has 1 heterocycles. The van der Waals surface area contributed by atoms with Crippen molar-refractivity contribution in [1.82, 2.24) is 4.90 Å². The van der Waals surface area contributed by atoms with Crippen LogP contribution in [0.25, 0.3) is 0 Å². The quantitative estimate of drug-likeness (QED) is 0.470. The number of nitrogens with zero attached hydrogens (tertiary/aromatic N) is 1. The molecule has 0 spiro atoms. The zero-order chi connectivity index (χ0) is 6.53. The van der Waals surface area contributed by atoms with Gasteiger partial charge < -0.3 is 0 Å². The van der Waals surface area contributed by atoms with E-state index in [4.69, 9.17) is 6.42 Å². The largest absolute Gasteiger partial charge is 0.292 e. The summed E-state index contributed by atoms with van der Waals surface area (Å²) in [5.41, 5.74) is 0. The van der Waals surface area contributed by atoms with Crippen LogP contribution in [-0.2, 0) is 0 Å². The van der Waals surface area contributed by atoms with Gasteiger partial charge in [-0.3, -0.25) is 4.90 Å². The molecule has 1 heteroatoms. The van der Waals surface area contributed by atoms with Crippen LogP contribution in [0.5, 0.6) is 0 Å². The SMILES string of the molecule is [C]#CCN1CCCCC1. The summed E-state index contributed by atoms with van der Waals surface area (Å²) in [4.78, 5) is 2.27. The molecule has 9 heavy (non-hydrogen) atoms. The van der Waals surface area contributed by atoms with Crippen LogP contribution >= 0.6 is 0 Å². The van der Waals surface area contributed by atoms with Crippen molar-refractivity contribution in [2.45, 2.75) is 19.3 Å². The van der Waals surface area contributed by atoms with Crippen LogP contribution in [-0.4, -0.2) is 24.5 Å². The third-order valence-corrected chi connectivity index (χ3v) is 1.75. The van der Waals surface area contributed by atoms with Crippen molar-refractivity contribution in [2.75, 3.05) is 19.6 Å². The van der Waals surface area contributed by atoms with Gasteiger partial charge in [0.2, 0.25) is 0 Å². The zero-order valence-electron chi connectivity index (χ0n) is 5.69. The highest BCUT2D eigenvalue weighted by Gasteiger charge is 2.06. The molecule has 1 aliphatic heterocycles. The first-order valence-electron chi connectivity index (χ1n) is 3.55. The standard InChI is InChI=1S/C8H12N/c1-2-6-9-7-4-3-5-8-9/h3-8H2. The molecule has 0 unspecified atom stereocenters. The van der Waals surface area contributed by atoms with E-state index < -0.39 is 0 Å². The molecule has 0 atom stereocenters. The molecule has 0 aromatic carbocycles. The average Bonchev–Trinajstić information content (AvgIpc) is 1.91. The van der Waals surface area contributed by atoms with E-state index in [1.54, 1.807) is 0 Å². The van der Waals surface area contributed by atoms with Gasteiger partial charge in [0, 0.05) is 0 Å². The molecule has 0 aromatic heterocycles. The molecule has 0 saturated carbocycles. The van der Waals surface area contributed by atoms with E-state index >= 15 is 0 Å². The molecule has 49 valence electrons. The van der Waals surface area contributed by atoms with Crippen molar-refractivity contribution in [3.63, 3.8) is 0 Å². The fourth-order valence-electron chi connectivity index (χ4n) is 1.23. The Morgan fingerprint density at radius 1 is 1.22 bits per heavy atom. The third kappa shape index (κ3) is 2.07. The van der Waals surface area contributed by atoms with Crippen molar-refractivity contribution in [2.24, 2.45) is 0 Å². The van der Waals surface area contributed by atoms with Crippen LogP contribution in [0.3, 0.4) is 0 Å². The maximum absolute atomic E-state index is 6.75. The van der Waals surface area contributed by atoms with Crippen LogP contribution in [0, 0.1) is 12.3 Å². The molecule has 1 rings (SSSR count). The van der Waals surface area contributed by atoms with Crippen molar-refractivity contribution in [1.29, 1.82) is 0 Å². The van der Waals surface area contributed by atoms with E-state index in [9.17, 15) is 0 Å². The fraction of sp³-hybridized carbons (Fsp3) is 0.750. The van der Waals surface area contributed by atoms with E-state index in [0.29, 0.717) is 0 Å². The van der Waals surface area contributed by atoms with Gasteiger partial charge in [-0.1, -0.05) is 12.3 Å². The minimum Gasteiger partial charge on any atom is -0.292 e. The van der Waals surface area contributed by atoms with Gasteiger partial charge in [-0.05, 0) is 32.4 Å². The summed E-state index contributed by atoms with van der Waals surface area (Å²) in [6.45, 7) is 3.08. The first-order chi connectivity index (χ1) is 4.43. The lowest BCUT2D eigenvalue weighted by Gasteiger charge is -2.23. The molecule has 0 amide bonds. The molecular weight excluding hydrogens is 110 g/mol. The molecule has 1 nitrogen and oxygen atoms in total. The molecule has 0 N–H and O–H groups in total. The minimum atomic E-state index is 0.736. The van der Waals surface area contributed by atoms with Gasteiger partial charge in [-0.25, -0.2) is 0 Å². The van der Waals surface area contributed by atoms with Crippen molar-refractivity contribution < 1.29 is 0 Å². The predicted octanol–water partition coefficient (Wildman–Crippen LogP) is 1.06. The van der Waals surface area contributed by atoms with Gasteiger partial charge in [0.25, 0.3) is 0 Å². The summed E-state index contributed by atoms with van der Waals surface area (Å²) in [6, 6.07) is 0. The lowest BCUT2D eigenvalue weighted by molar-refractivity contribution is 0.255. The van der Waals surface area contributed by atoms with Gasteiger partial charge in [0.1, 0.15) is 0 Å². The van der Waals surface area contributed by atoms with Crippen LogP contribution in [0.1, 0.15) is 19.3 Å². The van der Waals surface area contributed by atoms with E-state index in [1.807, 2.05) is 0 Å². The Kier molecular flexibility index (Phi) is 2.60. The molecule has 0 bridgehead atoms. The van der Waals surface area contributed by atoms with E-state index in [0.717, 1.165) is 6.54 Å². The smallest absolute Gasteiger partial charge is 0.0611 e. The monoisotopic (exact) mass is 122 g/mol. The summed E-state index contributed by atoms with van der Waals surface area (Å²) in [5.74, 6) is 2.41. The van der Waals surface area contributed by atoms with E-state index in [-0.39, 0.29) is 0 Å². The normalized spacial score (nSPS) is 21.2. The Balaban J connectivity index is 2.17. The Morgan fingerprint density at radius 3 is 2.44 bits per heavy atom. The fourth-order valence-corrected chi connectivity index (χ4v) is 1.23. The Bertz CT molecular complexity index is 106. The molecule has 1 saturated heterocycles. The lowest BCUT2D eigenvalue weighted by atomic mass is 10.1. The van der Waals surface area contributed by atoms with E-state index in [1.165, 1.54) is 32.4 Å². The predicted molar refractivity (Wildman–Crippen MR) is 37.4 cm³/mol. The summed E-state index contributed by atoms with van der Waals surface area (Å²) in [5, 5.41) is 0. The molecular formula is C8H12N. The topological polar surface area (TPSA) is 3.24 Å². The van der Waals surface area contributed by atoms with Gasteiger partial charge >= 0.3 is 0 Å². The zero-order valence-corrected chi connectivity index (χ0v) is 5.69. The summed E-state index contributed by atoms with van der Waals surface area (Å²) in [7, 11) is 0.